The van der Waals surface area contributed by atoms with E-state index < -0.39 is 0 Å². The van der Waals surface area contributed by atoms with Crippen LogP contribution in [0.4, 0.5) is 5.13 Å². The van der Waals surface area contributed by atoms with E-state index in [9.17, 15) is 4.79 Å². The van der Waals surface area contributed by atoms with Crippen LogP contribution in [0.1, 0.15) is 15.2 Å². The van der Waals surface area contributed by atoms with Gasteiger partial charge in [0.05, 0.1) is 41.2 Å². The van der Waals surface area contributed by atoms with Gasteiger partial charge in [0.15, 0.2) is 28.1 Å². The number of methoxy groups -OCH3 is 5. The van der Waals surface area contributed by atoms with Gasteiger partial charge in [-0.1, -0.05) is 0 Å². The van der Waals surface area contributed by atoms with Gasteiger partial charge in [0.25, 0.3) is 5.91 Å². The first-order valence-electron chi connectivity index (χ1n) is 9.26. The average molecular weight is 445 g/mol. The summed E-state index contributed by atoms with van der Waals surface area (Å²) in [5.74, 6) is 2.11. The number of benzene rings is 2. The molecule has 8 nitrogen and oxygen atoms in total. The fourth-order valence-electron chi connectivity index (χ4n) is 3.08. The molecule has 0 bridgehead atoms. The first-order chi connectivity index (χ1) is 14.9. The van der Waals surface area contributed by atoms with E-state index in [0.29, 0.717) is 39.4 Å². The Bertz CT molecular complexity index is 1070. The van der Waals surface area contributed by atoms with E-state index in [4.69, 9.17) is 23.7 Å². The number of hydrogen-bond donors (Lipinski definition) is 1. The number of thiazole rings is 1. The van der Waals surface area contributed by atoms with Gasteiger partial charge in [-0.15, -0.1) is 11.3 Å². The lowest BCUT2D eigenvalue weighted by Crippen LogP contribution is -2.12. The second-order valence-corrected chi connectivity index (χ2v) is 7.56. The summed E-state index contributed by atoms with van der Waals surface area (Å²) in [4.78, 5) is 18.4. The standard InChI is InChI=1S/C22H24N2O6S/c1-12-19(13-7-8-15(26-2)16(9-13)27-3)23-22(31-12)24-21(25)14-10-17(28-4)20(30-6)18(11-14)29-5/h7-11H,1-6H3,(H,23,24,25). The van der Waals surface area contributed by atoms with Gasteiger partial charge in [-0.25, -0.2) is 4.98 Å². The van der Waals surface area contributed by atoms with Crippen molar-refractivity contribution < 1.29 is 28.5 Å². The van der Waals surface area contributed by atoms with Gasteiger partial charge < -0.3 is 23.7 Å². The number of carbonyl (C=O) groups excluding carboxylic acids is 1. The number of rotatable bonds is 8. The summed E-state index contributed by atoms with van der Waals surface area (Å²) in [6.07, 6.45) is 0. The Morgan fingerprint density at radius 3 is 2.00 bits per heavy atom. The molecule has 0 aliphatic rings. The van der Waals surface area contributed by atoms with E-state index >= 15 is 0 Å². The Morgan fingerprint density at radius 2 is 1.45 bits per heavy atom. The molecule has 0 aliphatic heterocycles. The molecule has 1 aromatic heterocycles. The number of ether oxygens (including phenoxy) is 5. The van der Waals surface area contributed by atoms with E-state index in [1.807, 2.05) is 25.1 Å². The predicted molar refractivity (Wildman–Crippen MR) is 119 cm³/mol. The molecular weight excluding hydrogens is 420 g/mol. The molecule has 0 atom stereocenters. The van der Waals surface area contributed by atoms with Gasteiger partial charge in [-0.3, -0.25) is 10.1 Å². The summed E-state index contributed by atoms with van der Waals surface area (Å²) in [5, 5.41) is 3.31. The highest BCUT2D eigenvalue weighted by Gasteiger charge is 2.19. The molecule has 0 saturated carbocycles. The number of aromatic nitrogens is 1. The van der Waals surface area contributed by atoms with Crippen molar-refractivity contribution in [3.8, 4) is 40.0 Å². The third-order valence-corrected chi connectivity index (χ3v) is 5.49. The summed E-state index contributed by atoms with van der Waals surface area (Å²) < 4.78 is 26.6. The number of anilines is 1. The van der Waals surface area contributed by atoms with E-state index in [1.54, 1.807) is 26.4 Å². The van der Waals surface area contributed by atoms with Crippen molar-refractivity contribution in [2.45, 2.75) is 6.92 Å². The van der Waals surface area contributed by atoms with Crippen molar-refractivity contribution in [1.29, 1.82) is 0 Å². The van der Waals surface area contributed by atoms with Crippen LogP contribution in [-0.4, -0.2) is 46.4 Å². The van der Waals surface area contributed by atoms with E-state index in [-0.39, 0.29) is 5.91 Å². The van der Waals surface area contributed by atoms with Gasteiger partial charge in [-0.05, 0) is 37.3 Å². The van der Waals surface area contributed by atoms with Gasteiger partial charge in [0, 0.05) is 16.0 Å². The Hall–Kier alpha value is -3.46. The van der Waals surface area contributed by atoms with Crippen molar-refractivity contribution >= 4 is 22.4 Å². The third-order valence-electron chi connectivity index (χ3n) is 4.60. The summed E-state index contributed by atoms with van der Waals surface area (Å²) in [7, 11) is 7.67. The zero-order valence-electron chi connectivity index (χ0n) is 18.2. The van der Waals surface area contributed by atoms with E-state index in [2.05, 4.69) is 10.3 Å². The van der Waals surface area contributed by atoms with Gasteiger partial charge in [0.1, 0.15) is 0 Å². The summed E-state index contributed by atoms with van der Waals surface area (Å²) in [6.45, 7) is 1.94. The SMILES string of the molecule is COc1ccc(-c2nc(NC(=O)c3cc(OC)c(OC)c(OC)c3)sc2C)cc1OC. The molecule has 0 radical (unpaired) electrons. The Kier molecular flexibility index (Phi) is 6.86. The zero-order chi connectivity index (χ0) is 22.5. The Labute approximate surface area is 184 Å². The number of carbonyl (C=O) groups is 1. The zero-order valence-corrected chi connectivity index (χ0v) is 19.0. The molecule has 0 unspecified atom stereocenters. The van der Waals surface area contributed by atoms with Crippen molar-refractivity contribution in [2.75, 3.05) is 40.9 Å². The minimum absolute atomic E-state index is 0.341. The van der Waals surface area contributed by atoms with Crippen LogP contribution in [0.25, 0.3) is 11.3 Å². The molecule has 0 saturated heterocycles. The van der Waals surface area contributed by atoms with Gasteiger partial charge in [-0.2, -0.15) is 0 Å². The van der Waals surface area contributed by atoms with Crippen LogP contribution < -0.4 is 29.0 Å². The van der Waals surface area contributed by atoms with Crippen LogP contribution in [0.5, 0.6) is 28.7 Å². The van der Waals surface area contributed by atoms with Crippen LogP contribution in [0, 0.1) is 6.92 Å². The number of nitrogens with zero attached hydrogens (tertiary/aromatic N) is 1. The maximum atomic E-state index is 12.9. The lowest BCUT2D eigenvalue weighted by Gasteiger charge is -2.13. The molecule has 164 valence electrons. The van der Waals surface area contributed by atoms with Crippen LogP contribution in [0.3, 0.4) is 0 Å². The summed E-state index contributed by atoms with van der Waals surface area (Å²) in [5.41, 5.74) is 1.97. The lowest BCUT2D eigenvalue weighted by atomic mass is 10.1. The highest BCUT2D eigenvalue weighted by Crippen LogP contribution is 2.39. The molecule has 2 aromatic carbocycles. The predicted octanol–water partition coefficient (Wildman–Crippen LogP) is 4.41. The molecule has 0 spiro atoms. The monoisotopic (exact) mass is 444 g/mol. The summed E-state index contributed by atoms with van der Waals surface area (Å²) in [6, 6.07) is 8.75. The third kappa shape index (κ3) is 4.51. The quantitative estimate of drug-likeness (QED) is 0.550. The van der Waals surface area contributed by atoms with Crippen LogP contribution in [0.15, 0.2) is 30.3 Å². The molecule has 31 heavy (non-hydrogen) atoms. The smallest absolute Gasteiger partial charge is 0.257 e. The van der Waals surface area contributed by atoms with Crippen molar-refractivity contribution in [1.82, 2.24) is 4.98 Å². The fraction of sp³-hybridized carbons (Fsp3) is 0.273. The minimum Gasteiger partial charge on any atom is -0.493 e. The number of nitrogens with one attached hydrogen (secondary N) is 1. The van der Waals surface area contributed by atoms with Crippen LogP contribution in [-0.2, 0) is 0 Å². The molecule has 9 heteroatoms. The molecule has 1 N–H and O–H groups in total. The first-order valence-corrected chi connectivity index (χ1v) is 10.1. The molecule has 0 aliphatic carbocycles. The molecule has 1 amide bonds. The van der Waals surface area contributed by atoms with Gasteiger partial charge in [0.2, 0.25) is 5.75 Å². The van der Waals surface area contributed by atoms with Crippen molar-refractivity contribution in [3.05, 3.63) is 40.8 Å². The minimum atomic E-state index is -0.341. The lowest BCUT2D eigenvalue weighted by molar-refractivity contribution is 0.102. The second kappa shape index (κ2) is 9.57. The molecule has 1 heterocycles. The number of amides is 1. The highest BCUT2D eigenvalue weighted by atomic mass is 32.1. The average Bonchev–Trinajstić information content (AvgIpc) is 3.16. The highest BCUT2D eigenvalue weighted by molar-refractivity contribution is 7.16. The molecule has 3 aromatic rings. The first kappa shape index (κ1) is 22.2. The number of hydrogen-bond acceptors (Lipinski definition) is 8. The normalized spacial score (nSPS) is 10.4. The largest absolute Gasteiger partial charge is 0.493 e. The molecule has 0 fully saturated rings. The van der Waals surface area contributed by atoms with Crippen molar-refractivity contribution in [2.24, 2.45) is 0 Å². The van der Waals surface area contributed by atoms with E-state index in [0.717, 1.165) is 16.1 Å². The Balaban J connectivity index is 1.89. The number of aryl methyl sites for hydroxylation is 1. The maximum Gasteiger partial charge on any atom is 0.257 e. The van der Waals surface area contributed by atoms with E-state index in [1.165, 1.54) is 32.7 Å². The molecule has 3 rings (SSSR count). The topological polar surface area (TPSA) is 88.1 Å². The fourth-order valence-corrected chi connectivity index (χ4v) is 3.91. The van der Waals surface area contributed by atoms with Gasteiger partial charge >= 0.3 is 0 Å². The second-order valence-electron chi connectivity index (χ2n) is 6.36. The molecular formula is C22H24N2O6S. The maximum absolute atomic E-state index is 12.9. The van der Waals surface area contributed by atoms with Crippen LogP contribution >= 0.6 is 11.3 Å². The Morgan fingerprint density at radius 1 is 0.839 bits per heavy atom. The summed E-state index contributed by atoms with van der Waals surface area (Å²) >= 11 is 1.38. The van der Waals surface area contributed by atoms with Crippen molar-refractivity contribution in [3.63, 3.8) is 0 Å². The van der Waals surface area contributed by atoms with Crippen LogP contribution in [0.2, 0.25) is 0 Å².